The Morgan fingerprint density at radius 2 is 1.79 bits per heavy atom. The number of amides is 1. The van der Waals surface area contributed by atoms with Crippen molar-refractivity contribution >= 4 is 34.6 Å². The fourth-order valence-corrected chi connectivity index (χ4v) is 5.20. The molecule has 0 aliphatic carbocycles. The van der Waals surface area contributed by atoms with E-state index in [0.717, 1.165) is 41.2 Å². The van der Waals surface area contributed by atoms with Crippen LogP contribution in [0, 0.1) is 6.92 Å². The van der Waals surface area contributed by atoms with Crippen LogP contribution < -0.4 is 18.9 Å². The van der Waals surface area contributed by atoms with Gasteiger partial charge in [0.1, 0.15) is 6.61 Å². The lowest BCUT2D eigenvalue weighted by atomic mass is 10.1. The Balaban J connectivity index is 1.36. The second-order valence-electron chi connectivity index (χ2n) is 9.27. The lowest BCUT2D eigenvalue weighted by Gasteiger charge is -2.15. The van der Waals surface area contributed by atoms with Crippen LogP contribution in [0.5, 0.6) is 23.0 Å². The number of carbonyl (C=O) groups is 1. The van der Waals surface area contributed by atoms with Crippen LogP contribution in [0.3, 0.4) is 0 Å². The molecule has 0 bridgehead atoms. The predicted octanol–water partition coefficient (Wildman–Crippen LogP) is 7.11. The monoisotopic (exact) mass is 544 g/mol. The number of hydrogen-bond donors (Lipinski definition) is 0. The zero-order valence-corrected chi connectivity index (χ0v) is 23.3. The molecule has 0 atom stereocenters. The minimum Gasteiger partial charge on any atom is -0.490 e. The van der Waals surface area contributed by atoms with E-state index in [-0.39, 0.29) is 12.7 Å². The van der Waals surface area contributed by atoms with E-state index >= 15 is 0 Å². The fourth-order valence-electron chi connectivity index (χ4n) is 4.18. The van der Waals surface area contributed by atoms with E-state index in [1.807, 2.05) is 80.6 Å². The predicted molar refractivity (Wildman–Crippen MR) is 155 cm³/mol. The first-order valence-corrected chi connectivity index (χ1v) is 14.0. The van der Waals surface area contributed by atoms with Crippen LogP contribution in [0.15, 0.2) is 70.6 Å². The molecule has 0 N–H and O–H groups in total. The first-order chi connectivity index (χ1) is 19.0. The van der Waals surface area contributed by atoms with Gasteiger partial charge in [-0.05, 0) is 85.6 Å². The van der Waals surface area contributed by atoms with Gasteiger partial charge in [0.05, 0.1) is 17.2 Å². The molecule has 3 aromatic carbocycles. The number of aliphatic imine (C=N–C) groups is 1. The smallest absolute Gasteiger partial charge is 0.266 e. The summed E-state index contributed by atoms with van der Waals surface area (Å²) in [6.07, 6.45) is 3.81. The highest BCUT2D eigenvalue weighted by Crippen LogP contribution is 2.37. The summed E-state index contributed by atoms with van der Waals surface area (Å²) in [6, 6.07) is 19.5. The average Bonchev–Trinajstić information content (AvgIpc) is 3.52. The molecular formula is C31H32N2O5S. The van der Waals surface area contributed by atoms with E-state index in [4.69, 9.17) is 23.9 Å². The summed E-state index contributed by atoms with van der Waals surface area (Å²) in [5.74, 6) is 2.69. The fraction of sp³-hybridized carbons (Fsp3) is 0.290. The maximum atomic E-state index is 13.4. The molecule has 2 aliphatic heterocycles. The largest absolute Gasteiger partial charge is 0.490 e. The Bertz CT molecular complexity index is 1400. The van der Waals surface area contributed by atoms with Crippen molar-refractivity contribution in [3.63, 3.8) is 0 Å². The molecule has 5 rings (SSSR count). The van der Waals surface area contributed by atoms with E-state index in [0.29, 0.717) is 41.3 Å². The number of hydrogen-bond acceptors (Lipinski definition) is 7. The van der Waals surface area contributed by atoms with Gasteiger partial charge >= 0.3 is 0 Å². The molecule has 8 heteroatoms. The number of nitrogens with zero attached hydrogens (tertiary/aromatic N) is 2. The number of benzene rings is 3. The van der Waals surface area contributed by atoms with Gasteiger partial charge in [-0.15, -0.1) is 0 Å². The zero-order valence-electron chi connectivity index (χ0n) is 22.4. The number of aryl methyl sites for hydroxylation is 1. The summed E-state index contributed by atoms with van der Waals surface area (Å²) in [5.41, 5.74) is 3.83. The topological polar surface area (TPSA) is 69.6 Å². The molecule has 7 nitrogen and oxygen atoms in total. The molecule has 2 aliphatic rings. The quantitative estimate of drug-likeness (QED) is 0.254. The average molecular weight is 545 g/mol. The first-order valence-electron chi connectivity index (χ1n) is 13.2. The van der Waals surface area contributed by atoms with Crippen LogP contribution in [0.2, 0.25) is 0 Å². The summed E-state index contributed by atoms with van der Waals surface area (Å²) < 4.78 is 22.8. The van der Waals surface area contributed by atoms with Crippen LogP contribution in [-0.2, 0) is 11.4 Å². The minimum absolute atomic E-state index is 0.0274. The lowest BCUT2D eigenvalue weighted by Crippen LogP contribution is -2.30. The Labute approximate surface area is 233 Å². The molecular weight excluding hydrogens is 512 g/mol. The third-order valence-corrected chi connectivity index (χ3v) is 7.29. The van der Waals surface area contributed by atoms with Crippen molar-refractivity contribution in [2.75, 3.05) is 19.9 Å². The Morgan fingerprint density at radius 1 is 0.974 bits per heavy atom. The molecule has 1 saturated heterocycles. The summed E-state index contributed by atoms with van der Waals surface area (Å²) in [6.45, 7) is 7.82. The maximum absolute atomic E-state index is 13.4. The van der Waals surface area contributed by atoms with Gasteiger partial charge in [0.15, 0.2) is 28.2 Å². The van der Waals surface area contributed by atoms with Crippen molar-refractivity contribution in [2.24, 2.45) is 4.99 Å². The number of amidine groups is 1. The molecule has 0 aromatic heterocycles. The molecule has 0 saturated carbocycles. The zero-order chi connectivity index (χ0) is 27.2. The van der Waals surface area contributed by atoms with Crippen LogP contribution >= 0.6 is 11.8 Å². The Morgan fingerprint density at radius 3 is 2.59 bits per heavy atom. The molecule has 3 aromatic rings. The second-order valence-corrected chi connectivity index (χ2v) is 10.3. The molecule has 1 fully saturated rings. The van der Waals surface area contributed by atoms with Crippen molar-refractivity contribution in [3.05, 3.63) is 82.3 Å². The van der Waals surface area contributed by atoms with Gasteiger partial charge in [0, 0.05) is 6.54 Å². The summed E-state index contributed by atoms with van der Waals surface area (Å²) in [5, 5.41) is 0.706. The summed E-state index contributed by atoms with van der Waals surface area (Å²) in [4.78, 5) is 20.6. The van der Waals surface area contributed by atoms with Gasteiger partial charge in [-0.1, -0.05) is 43.2 Å². The van der Waals surface area contributed by atoms with E-state index in [2.05, 4.69) is 6.92 Å². The number of fused-ring (bicyclic) bond motifs is 1. The number of unbranched alkanes of at least 4 members (excludes halogenated alkanes) is 1. The number of carbonyl (C=O) groups excluding carboxylic acids is 1. The highest BCUT2D eigenvalue weighted by molar-refractivity contribution is 8.18. The van der Waals surface area contributed by atoms with Gasteiger partial charge in [-0.2, -0.15) is 0 Å². The second kappa shape index (κ2) is 12.3. The van der Waals surface area contributed by atoms with Crippen LogP contribution in [0.4, 0.5) is 5.69 Å². The van der Waals surface area contributed by atoms with Crippen LogP contribution in [0.1, 0.15) is 43.4 Å². The van der Waals surface area contributed by atoms with Gasteiger partial charge in [0.25, 0.3) is 5.91 Å². The van der Waals surface area contributed by atoms with E-state index < -0.39 is 0 Å². The SMILES string of the molecule is CCCCN1C(=O)/C(=C\c2ccc(OCc3ccc4c(c3)OCO4)c(OCC)c2)SC1=Nc1ccc(C)cc1. The highest BCUT2D eigenvalue weighted by Gasteiger charge is 2.33. The molecule has 0 radical (unpaired) electrons. The summed E-state index contributed by atoms with van der Waals surface area (Å²) in [7, 11) is 0. The molecule has 2 heterocycles. The number of thioether (sulfide) groups is 1. The van der Waals surface area contributed by atoms with Gasteiger partial charge < -0.3 is 18.9 Å². The first kappa shape index (κ1) is 26.7. The molecule has 0 unspecified atom stereocenters. The van der Waals surface area contributed by atoms with E-state index in [9.17, 15) is 4.79 Å². The van der Waals surface area contributed by atoms with Crippen molar-refractivity contribution in [3.8, 4) is 23.0 Å². The van der Waals surface area contributed by atoms with Gasteiger partial charge in [0.2, 0.25) is 6.79 Å². The van der Waals surface area contributed by atoms with Crippen molar-refractivity contribution in [2.45, 2.75) is 40.2 Å². The molecule has 39 heavy (non-hydrogen) atoms. The molecule has 202 valence electrons. The Kier molecular flexibility index (Phi) is 8.42. The number of rotatable bonds is 10. The van der Waals surface area contributed by atoms with Gasteiger partial charge in [-0.25, -0.2) is 4.99 Å². The van der Waals surface area contributed by atoms with E-state index in [1.54, 1.807) is 4.90 Å². The standard InChI is InChI=1S/C31H32N2O5S/c1-4-6-15-33-30(34)29(39-31(33)32-24-11-7-21(3)8-12-24)18-22-9-13-25(27(16-22)35-5-2)36-19-23-10-14-26-28(17-23)38-20-37-26/h7-14,16-18H,4-6,15,19-20H2,1-3H3/b29-18+,32-31?. The van der Waals surface area contributed by atoms with E-state index in [1.165, 1.54) is 17.3 Å². The van der Waals surface area contributed by atoms with Crippen molar-refractivity contribution in [1.82, 2.24) is 4.90 Å². The lowest BCUT2D eigenvalue weighted by molar-refractivity contribution is -0.122. The van der Waals surface area contributed by atoms with Crippen LogP contribution in [-0.4, -0.2) is 35.9 Å². The minimum atomic E-state index is -0.0274. The maximum Gasteiger partial charge on any atom is 0.266 e. The highest BCUT2D eigenvalue weighted by atomic mass is 32.2. The van der Waals surface area contributed by atoms with Crippen molar-refractivity contribution in [1.29, 1.82) is 0 Å². The third-order valence-electron chi connectivity index (χ3n) is 6.28. The summed E-state index contributed by atoms with van der Waals surface area (Å²) >= 11 is 1.41. The van der Waals surface area contributed by atoms with Crippen molar-refractivity contribution < 1.29 is 23.7 Å². The number of ether oxygens (including phenoxy) is 4. The Hall–Kier alpha value is -3.91. The molecule has 0 spiro atoms. The normalized spacial score (nSPS) is 16.4. The molecule has 1 amide bonds. The van der Waals surface area contributed by atoms with Gasteiger partial charge in [-0.3, -0.25) is 9.69 Å². The van der Waals surface area contributed by atoms with Crippen LogP contribution in [0.25, 0.3) is 6.08 Å². The third kappa shape index (κ3) is 6.40.